The Balaban J connectivity index is 1.36. The number of amides is 2. The minimum absolute atomic E-state index is 0.00697. The highest BCUT2D eigenvalue weighted by Gasteiger charge is 2.60. The van der Waals surface area contributed by atoms with E-state index in [1.807, 2.05) is 24.3 Å². The highest BCUT2D eigenvalue weighted by Crippen LogP contribution is 2.58. The summed E-state index contributed by atoms with van der Waals surface area (Å²) in [5.74, 6) is 1.14. The van der Waals surface area contributed by atoms with Gasteiger partial charge >= 0.3 is 0 Å². The molecule has 0 aromatic heterocycles. The van der Waals surface area contributed by atoms with Gasteiger partial charge in [0, 0.05) is 23.6 Å². The summed E-state index contributed by atoms with van der Waals surface area (Å²) in [5.41, 5.74) is 1.12. The Kier molecular flexibility index (Phi) is 4.41. The number of carbonyl (C=O) groups is 2. The first-order valence-corrected chi connectivity index (χ1v) is 11.4. The van der Waals surface area contributed by atoms with Crippen LogP contribution in [0, 0.1) is 23.2 Å². The summed E-state index contributed by atoms with van der Waals surface area (Å²) in [5, 5.41) is 10.4. The Morgan fingerprint density at radius 1 is 1.14 bits per heavy atom. The Labute approximate surface area is 173 Å². The number of para-hydroxylation sites is 1. The van der Waals surface area contributed by atoms with E-state index in [0.29, 0.717) is 17.5 Å². The lowest BCUT2D eigenvalue weighted by Gasteiger charge is -2.61. The molecule has 0 radical (unpaired) electrons. The van der Waals surface area contributed by atoms with Gasteiger partial charge in [-0.15, -0.1) is 0 Å². The van der Waals surface area contributed by atoms with Crippen LogP contribution in [-0.4, -0.2) is 23.5 Å². The highest BCUT2D eigenvalue weighted by atomic mass is 16.2. The van der Waals surface area contributed by atoms with Crippen molar-refractivity contribution in [3.8, 4) is 0 Å². The van der Waals surface area contributed by atoms with E-state index in [4.69, 9.17) is 0 Å². The summed E-state index contributed by atoms with van der Waals surface area (Å²) in [6, 6.07) is 8.07. The van der Waals surface area contributed by atoms with Crippen molar-refractivity contribution in [2.24, 2.45) is 23.2 Å². The SMILES string of the molecule is C[C@H]1CCCC[C@@H]1NC(=O)[C@@H]1C[C@@H]2CC[C@]1(C)C[C@]21NC(=O)c2ccccc2N1. The van der Waals surface area contributed by atoms with Crippen LogP contribution in [-0.2, 0) is 4.79 Å². The summed E-state index contributed by atoms with van der Waals surface area (Å²) < 4.78 is 0. The quantitative estimate of drug-likeness (QED) is 0.707. The lowest BCUT2D eigenvalue weighted by Crippen LogP contribution is -2.70. The molecule has 0 saturated heterocycles. The molecule has 2 amide bonds. The number of hydrogen-bond acceptors (Lipinski definition) is 3. The third kappa shape index (κ3) is 3.04. The van der Waals surface area contributed by atoms with Crippen molar-refractivity contribution >= 4 is 17.5 Å². The van der Waals surface area contributed by atoms with Crippen molar-refractivity contribution in [2.45, 2.75) is 76.9 Å². The Hall–Kier alpha value is -2.04. The lowest BCUT2D eigenvalue weighted by atomic mass is 9.51. The number of nitrogens with one attached hydrogen (secondary N) is 3. The van der Waals surface area contributed by atoms with Gasteiger partial charge in [-0.05, 0) is 62.0 Å². The minimum atomic E-state index is -0.423. The zero-order valence-electron chi connectivity index (χ0n) is 17.6. The van der Waals surface area contributed by atoms with Crippen LogP contribution in [0.2, 0.25) is 0 Å². The molecule has 156 valence electrons. The maximum Gasteiger partial charge on any atom is 0.255 e. The van der Waals surface area contributed by atoms with Crippen LogP contribution in [0.25, 0.3) is 0 Å². The van der Waals surface area contributed by atoms with Gasteiger partial charge in [0.15, 0.2) is 0 Å². The second kappa shape index (κ2) is 6.75. The Bertz CT molecular complexity index is 839. The number of anilines is 1. The molecule has 1 aliphatic heterocycles. The Morgan fingerprint density at radius 2 is 1.93 bits per heavy atom. The second-order valence-electron chi connectivity index (χ2n) is 10.3. The molecule has 29 heavy (non-hydrogen) atoms. The van der Waals surface area contributed by atoms with E-state index in [2.05, 4.69) is 29.8 Å². The van der Waals surface area contributed by atoms with Crippen LogP contribution in [0.15, 0.2) is 24.3 Å². The van der Waals surface area contributed by atoms with Gasteiger partial charge < -0.3 is 16.0 Å². The monoisotopic (exact) mass is 395 g/mol. The van der Waals surface area contributed by atoms with Gasteiger partial charge in [-0.1, -0.05) is 38.8 Å². The first kappa shape index (κ1) is 19.0. The number of fused-ring (bicyclic) bond motifs is 3. The van der Waals surface area contributed by atoms with E-state index in [1.165, 1.54) is 19.3 Å². The molecular weight excluding hydrogens is 362 g/mol. The number of hydrogen-bond donors (Lipinski definition) is 3. The van der Waals surface area contributed by atoms with Crippen molar-refractivity contribution in [2.75, 3.05) is 5.32 Å². The first-order chi connectivity index (χ1) is 13.9. The molecule has 6 rings (SSSR count). The Morgan fingerprint density at radius 3 is 2.72 bits per heavy atom. The van der Waals surface area contributed by atoms with Gasteiger partial charge in [-0.25, -0.2) is 0 Å². The number of benzene rings is 1. The van der Waals surface area contributed by atoms with Gasteiger partial charge in [0.05, 0.1) is 5.56 Å². The zero-order valence-corrected chi connectivity index (χ0v) is 17.6. The fraction of sp³-hybridized carbons (Fsp3) is 0.667. The summed E-state index contributed by atoms with van der Waals surface area (Å²) in [7, 11) is 0. The molecule has 0 unspecified atom stereocenters. The van der Waals surface area contributed by atoms with Crippen molar-refractivity contribution < 1.29 is 9.59 Å². The summed E-state index contributed by atoms with van der Waals surface area (Å²) in [6.45, 7) is 4.53. The third-order valence-electron chi connectivity index (χ3n) is 8.43. The third-order valence-corrected chi connectivity index (χ3v) is 8.43. The molecule has 4 fully saturated rings. The maximum absolute atomic E-state index is 13.3. The molecular formula is C24H33N3O2. The van der Waals surface area contributed by atoms with Crippen LogP contribution < -0.4 is 16.0 Å². The van der Waals surface area contributed by atoms with Crippen LogP contribution in [0.3, 0.4) is 0 Å². The lowest BCUT2D eigenvalue weighted by molar-refractivity contribution is -0.140. The fourth-order valence-electron chi connectivity index (χ4n) is 6.67. The number of rotatable bonds is 2. The molecule has 1 heterocycles. The van der Waals surface area contributed by atoms with Crippen LogP contribution in [0.5, 0.6) is 0 Å². The standard InChI is InChI=1S/C24H33N3O2/c1-15-7-3-5-9-19(15)25-22(29)18-13-16-11-12-23(18,2)14-24(16)26-20-10-6-4-8-17(20)21(28)27-24/h4,6,8,10,15-16,18-19,26H,3,5,7,9,11-14H2,1-2H3,(H,25,29)(H,27,28)/t15-,16-,18-,19-,23+,24-/m0/s1. The average Bonchev–Trinajstić information content (AvgIpc) is 2.69. The molecule has 5 aliphatic rings. The predicted octanol–water partition coefficient (Wildman–Crippen LogP) is 4.06. The van der Waals surface area contributed by atoms with Crippen LogP contribution in [0.4, 0.5) is 5.69 Å². The smallest absolute Gasteiger partial charge is 0.255 e. The fourth-order valence-corrected chi connectivity index (χ4v) is 6.67. The van der Waals surface area contributed by atoms with Crippen LogP contribution in [0.1, 0.15) is 75.6 Å². The first-order valence-electron chi connectivity index (χ1n) is 11.4. The van der Waals surface area contributed by atoms with E-state index in [1.54, 1.807) is 0 Å². The maximum atomic E-state index is 13.3. The molecule has 1 aromatic rings. The van der Waals surface area contributed by atoms with E-state index >= 15 is 0 Å². The van der Waals surface area contributed by atoms with E-state index < -0.39 is 5.66 Å². The molecule has 1 aromatic carbocycles. The van der Waals surface area contributed by atoms with Gasteiger partial charge in [-0.2, -0.15) is 0 Å². The number of carbonyl (C=O) groups excluding carboxylic acids is 2. The molecule has 4 aliphatic carbocycles. The van der Waals surface area contributed by atoms with Gasteiger partial charge in [-0.3, -0.25) is 9.59 Å². The van der Waals surface area contributed by atoms with Crippen LogP contribution >= 0.6 is 0 Å². The zero-order chi connectivity index (χ0) is 20.2. The molecule has 1 spiro atoms. The summed E-state index contributed by atoms with van der Waals surface area (Å²) >= 11 is 0. The summed E-state index contributed by atoms with van der Waals surface area (Å²) in [6.07, 6.45) is 8.59. The largest absolute Gasteiger partial charge is 0.362 e. The van der Waals surface area contributed by atoms with Crippen molar-refractivity contribution in [3.63, 3.8) is 0 Å². The van der Waals surface area contributed by atoms with Gasteiger partial charge in [0.1, 0.15) is 5.66 Å². The van der Waals surface area contributed by atoms with E-state index in [0.717, 1.165) is 37.8 Å². The van der Waals surface area contributed by atoms with Gasteiger partial charge in [0.25, 0.3) is 5.91 Å². The van der Waals surface area contributed by atoms with Crippen molar-refractivity contribution in [3.05, 3.63) is 29.8 Å². The van der Waals surface area contributed by atoms with E-state index in [-0.39, 0.29) is 29.1 Å². The molecule has 6 atom stereocenters. The minimum Gasteiger partial charge on any atom is -0.362 e. The molecule has 4 saturated carbocycles. The van der Waals surface area contributed by atoms with Crippen molar-refractivity contribution in [1.29, 1.82) is 0 Å². The molecule has 2 bridgehead atoms. The predicted molar refractivity (Wildman–Crippen MR) is 113 cm³/mol. The highest BCUT2D eigenvalue weighted by molar-refractivity contribution is 6.02. The van der Waals surface area contributed by atoms with Gasteiger partial charge in [0.2, 0.25) is 5.91 Å². The molecule has 5 nitrogen and oxygen atoms in total. The molecule has 3 N–H and O–H groups in total. The topological polar surface area (TPSA) is 70.2 Å². The second-order valence-corrected chi connectivity index (χ2v) is 10.3. The summed E-state index contributed by atoms with van der Waals surface area (Å²) in [4.78, 5) is 26.1. The van der Waals surface area contributed by atoms with E-state index in [9.17, 15) is 9.59 Å². The average molecular weight is 396 g/mol. The molecule has 5 heteroatoms. The normalized spacial score (nSPS) is 40.7. The van der Waals surface area contributed by atoms with Crippen molar-refractivity contribution in [1.82, 2.24) is 10.6 Å².